The first-order chi connectivity index (χ1) is 9.24. The van der Waals surface area contributed by atoms with Crippen molar-refractivity contribution in [1.82, 2.24) is 5.32 Å². The van der Waals surface area contributed by atoms with Gasteiger partial charge in [0.1, 0.15) is 16.1 Å². The van der Waals surface area contributed by atoms with E-state index in [9.17, 15) is 9.35 Å². The molecule has 1 fully saturated rings. The van der Waals surface area contributed by atoms with Crippen LogP contribution >= 0.6 is 0 Å². The first-order valence-electron chi connectivity index (χ1n) is 7.23. The molecule has 0 radical (unpaired) electrons. The van der Waals surface area contributed by atoms with Crippen LogP contribution in [-0.4, -0.2) is 32.3 Å². The fraction of sp³-hybridized carbons (Fsp3) is 0.857. The average molecular weight is 302 g/mol. The SMILES string of the molecule is CC/C(=N\[S+]([O-])C(C)(C)C)C1CCC(NC(=O)O)CC1. The van der Waals surface area contributed by atoms with Crippen molar-refractivity contribution < 1.29 is 14.5 Å². The third-order valence-corrected chi connectivity index (χ3v) is 5.06. The summed E-state index contributed by atoms with van der Waals surface area (Å²) in [5.74, 6) is 0.346. The van der Waals surface area contributed by atoms with E-state index in [0.717, 1.165) is 37.8 Å². The minimum atomic E-state index is -1.21. The van der Waals surface area contributed by atoms with Gasteiger partial charge in [0.2, 0.25) is 0 Å². The van der Waals surface area contributed by atoms with E-state index >= 15 is 0 Å². The molecule has 2 N–H and O–H groups in total. The molecule has 0 bridgehead atoms. The Morgan fingerprint density at radius 2 is 1.90 bits per heavy atom. The fourth-order valence-electron chi connectivity index (χ4n) is 2.42. The molecule has 0 aromatic carbocycles. The maximum Gasteiger partial charge on any atom is 0.404 e. The Morgan fingerprint density at radius 1 is 1.35 bits per heavy atom. The number of carbonyl (C=O) groups is 1. The molecular formula is C14H26N2O3S. The predicted octanol–water partition coefficient (Wildman–Crippen LogP) is 3.13. The van der Waals surface area contributed by atoms with Crippen molar-refractivity contribution in [2.24, 2.45) is 10.3 Å². The first kappa shape index (κ1) is 17.3. The molecule has 1 rings (SSSR count). The molecule has 1 saturated carbocycles. The predicted molar refractivity (Wildman–Crippen MR) is 82.5 cm³/mol. The Morgan fingerprint density at radius 3 is 2.30 bits per heavy atom. The molecule has 20 heavy (non-hydrogen) atoms. The van der Waals surface area contributed by atoms with Crippen molar-refractivity contribution >= 4 is 23.2 Å². The lowest BCUT2D eigenvalue weighted by Crippen LogP contribution is -2.38. The molecule has 0 aromatic heterocycles. The second kappa shape index (κ2) is 7.31. The van der Waals surface area contributed by atoms with E-state index < -0.39 is 17.5 Å². The van der Waals surface area contributed by atoms with Crippen LogP contribution in [-0.2, 0) is 11.4 Å². The van der Waals surface area contributed by atoms with Crippen molar-refractivity contribution in [3.05, 3.63) is 0 Å². The number of nitrogens with one attached hydrogen (secondary N) is 1. The summed E-state index contributed by atoms with van der Waals surface area (Å²) in [6.45, 7) is 7.81. The van der Waals surface area contributed by atoms with Crippen LogP contribution in [0.15, 0.2) is 4.40 Å². The van der Waals surface area contributed by atoms with Gasteiger partial charge in [-0.25, -0.2) is 4.79 Å². The number of hydrogen-bond acceptors (Lipinski definition) is 3. The average Bonchev–Trinajstić information content (AvgIpc) is 2.35. The lowest BCUT2D eigenvalue weighted by Gasteiger charge is -2.29. The van der Waals surface area contributed by atoms with Gasteiger partial charge >= 0.3 is 6.09 Å². The highest BCUT2D eigenvalue weighted by Crippen LogP contribution is 2.28. The van der Waals surface area contributed by atoms with Crippen LogP contribution in [0, 0.1) is 5.92 Å². The summed E-state index contributed by atoms with van der Waals surface area (Å²) >= 11 is -1.21. The standard InChI is InChI=1S/C14H26N2O3S/c1-5-12(16-20(19)14(2,3)4)10-6-8-11(9-7-10)15-13(17)18/h10-11,15H,5-9H2,1-4H3,(H,17,18)/b16-12+. The third-order valence-electron chi connectivity index (χ3n) is 3.61. The Labute approximate surface area is 124 Å². The molecule has 0 aromatic rings. The summed E-state index contributed by atoms with van der Waals surface area (Å²) in [5.41, 5.74) is 1.02. The third kappa shape index (κ3) is 5.32. The van der Waals surface area contributed by atoms with Crippen LogP contribution in [0.2, 0.25) is 0 Å². The summed E-state index contributed by atoms with van der Waals surface area (Å²) in [7, 11) is 0. The number of hydrogen-bond donors (Lipinski definition) is 2. The Balaban J connectivity index is 2.61. The molecule has 6 heteroatoms. The van der Waals surface area contributed by atoms with Gasteiger partial charge in [-0.1, -0.05) is 11.3 Å². The van der Waals surface area contributed by atoms with Gasteiger partial charge in [-0.2, -0.15) is 0 Å². The van der Waals surface area contributed by atoms with Gasteiger partial charge in [-0.05, 0) is 52.9 Å². The van der Waals surface area contributed by atoms with Crippen LogP contribution in [0.25, 0.3) is 0 Å². The molecule has 0 spiro atoms. The fourth-order valence-corrected chi connectivity index (χ4v) is 3.18. The van der Waals surface area contributed by atoms with E-state index in [-0.39, 0.29) is 10.8 Å². The lowest BCUT2D eigenvalue weighted by molar-refractivity contribution is 0.184. The van der Waals surface area contributed by atoms with Gasteiger partial charge in [0.05, 0.1) is 5.71 Å². The monoisotopic (exact) mass is 302 g/mol. The Bertz CT molecular complexity index is 358. The molecule has 5 nitrogen and oxygen atoms in total. The Kier molecular flexibility index (Phi) is 6.33. The summed E-state index contributed by atoms with van der Waals surface area (Å²) in [6.07, 6.45) is 3.35. The topological polar surface area (TPSA) is 84.8 Å². The van der Waals surface area contributed by atoms with Gasteiger partial charge in [0, 0.05) is 12.0 Å². The molecule has 0 aliphatic heterocycles. The molecule has 1 atom stereocenters. The second-order valence-corrected chi connectivity index (χ2v) is 8.20. The van der Waals surface area contributed by atoms with Crippen LogP contribution in [0.5, 0.6) is 0 Å². The number of nitrogens with zero attached hydrogens (tertiary/aromatic N) is 1. The number of carboxylic acid groups (broad SMARTS) is 1. The summed E-state index contributed by atoms with van der Waals surface area (Å²) < 4.78 is 16.2. The van der Waals surface area contributed by atoms with Crippen LogP contribution < -0.4 is 5.32 Å². The normalized spacial score (nSPS) is 26.1. The zero-order valence-corrected chi connectivity index (χ0v) is 13.6. The van der Waals surface area contributed by atoms with E-state index in [2.05, 4.69) is 9.71 Å². The molecule has 0 heterocycles. The lowest BCUT2D eigenvalue weighted by atomic mass is 9.82. The van der Waals surface area contributed by atoms with Crippen LogP contribution in [0.3, 0.4) is 0 Å². The molecule has 0 saturated heterocycles. The molecular weight excluding hydrogens is 276 g/mol. The van der Waals surface area contributed by atoms with Crippen LogP contribution in [0.1, 0.15) is 59.8 Å². The number of amides is 1. The van der Waals surface area contributed by atoms with Gasteiger partial charge in [0.25, 0.3) is 0 Å². The first-order valence-corrected chi connectivity index (χ1v) is 8.33. The van der Waals surface area contributed by atoms with Gasteiger partial charge in [0.15, 0.2) is 0 Å². The van der Waals surface area contributed by atoms with E-state index in [1.807, 2.05) is 27.7 Å². The van der Waals surface area contributed by atoms with Crippen molar-refractivity contribution in [3.8, 4) is 0 Å². The van der Waals surface area contributed by atoms with Gasteiger partial charge < -0.3 is 15.0 Å². The van der Waals surface area contributed by atoms with Crippen molar-refractivity contribution in [2.75, 3.05) is 0 Å². The highest BCUT2D eigenvalue weighted by atomic mass is 32.2. The van der Waals surface area contributed by atoms with Gasteiger partial charge in [-0.3, -0.25) is 0 Å². The van der Waals surface area contributed by atoms with Gasteiger partial charge in [-0.15, -0.1) is 0 Å². The summed E-state index contributed by atoms with van der Waals surface area (Å²) in [5, 5.41) is 11.3. The maximum absolute atomic E-state index is 12.1. The molecule has 1 amide bonds. The second-order valence-electron chi connectivity index (χ2n) is 6.30. The molecule has 1 unspecified atom stereocenters. The van der Waals surface area contributed by atoms with Crippen molar-refractivity contribution in [1.29, 1.82) is 0 Å². The highest BCUT2D eigenvalue weighted by Gasteiger charge is 2.30. The quantitative estimate of drug-likeness (QED) is 0.618. The highest BCUT2D eigenvalue weighted by molar-refractivity contribution is 7.91. The zero-order valence-electron chi connectivity index (χ0n) is 12.8. The minimum Gasteiger partial charge on any atom is -0.591 e. The smallest absolute Gasteiger partial charge is 0.404 e. The maximum atomic E-state index is 12.1. The van der Waals surface area contributed by atoms with E-state index in [1.165, 1.54) is 0 Å². The summed E-state index contributed by atoms with van der Waals surface area (Å²) in [6, 6.07) is 0.0509. The molecule has 116 valence electrons. The van der Waals surface area contributed by atoms with Crippen molar-refractivity contribution in [2.45, 2.75) is 70.6 Å². The van der Waals surface area contributed by atoms with Crippen molar-refractivity contribution in [3.63, 3.8) is 0 Å². The molecule has 1 aliphatic carbocycles. The molecule has 1 aliphatic rings. The summed E-state index contributed by atoms with van der Waals surface area (Å²) in [4.78, 5) is 10.6. The van der Waals surface area contributed by atoms with E-state index in [0.29, 0.717) is 5.92 Å². The van der Waals surface area contributed by atoms with E-state index in [4.69, 9.17) is 5.11 Å². The largest absolute Gasteiger partial charge is 0.591 e. The Hall–Kier alpha value is -0.750. The zero-order chi connectivity index (χ0) is 15.3. The minimum absolute atomic E-state index is 0.0509. The van der Waals surface area contributed by atoms with E-state index in [1.54, 1.807) is 0 Å². The number of rotatable bonds is 4. The van der Waals surface area contributed by atoms with Crippen LogP contribution in [0.4, 0.5) is 4.79 Å².